The Balaban J connectivity index is 1.68. The van der Waals surface area contributed by atoms with E-state index in [4.69, 9.17) is 9.15 Å². The molecule has 7 nitrogen and oxygen atoms in total. The number of para-hydroxylation sites is 1. The number of aromatic amines is 1. The molecule has 7 heteroatoms. The molecule has 0 unspecified atom stereocenters. The van der Waals surface area contributed by atoms with Gasteiger partial charge in [-0.1, -0.05) is 48.5 Å². The first-order chi connectivity index (χ1) is 16.5. The second kappa shape index (κ2) is 7.45. The quantitative estimate of drug-likeness (QED) is 0.303. The number of nitrogens with one attached hydrogen (secondary N) is 1. The predicted octanol–water partition coefficient (Wildman–Crippen LogP) is 4.45. The van der Waals surface area contributed by atoms with Gasteiger partial charge in [-0.2, -0.15) is 0 Å². The van der Waals surface area contributed by atoms with Gasteiger partial charge in [0.05, 0.1) is 6.42 Å². The zero-order valence-electron chi connectivity index (χ0n) is 17.7. The molecule has 166 valence electrons. The van der Waals surface area contributed by atoms with Gasteiger partial charge < -0.3 is 19.2 Å². The van der Waals surface area contributed by atoms with Gasteiger partial charge in [-0.05, 0) is 17.5 Å². The summed E-state index contributed by atoms with van der Waals surface area (Å²) in [6.45, 7) is 0. The van der Waals surface area contributed by atoms with Gasteiger partial charge >= 0.3 is 5.97 Å². The fourth-order valence-corrected chi connectivity index (χ4v) is 4.59. The molecule has 1 aliphatic heterocycles. The Kier molecular flexibility index (Phi) is 4.38. The maximum Gasteiger partial charge on any atom is 0.312 e. The van der Waals surface area contributed by atoms with Crippen molar-refractivity contribution in [3.05, 3.63) is 105 Å². The normalized spacial score (nSPS) is 15.3. The van der Waals surface area contributed by atoms with Crippen LogP contribution in [-0.2, 0) is 4.79 Å². The molecule has 0 bridgehead atoms. The molecule has 1 atom stereocenters. The molecule has 1 aliphatic rings. The second-order valence-electron chi connectivity index (χ2n) is 8.22. The summed E-state index contributed by atoms with van der Waals surface area (Å²) < 4.78 is 11.6. The van der Waals surface area contributed by atoms with Crippen LogP contribution in [0.1, 0.15) is 23.5 Å². The molecule has 0 aliphatic carbocycles. The molecule has 3 heterocycles. The highest BCUT2D eigenvalue weighted by atomic mass is 16.5. The van der Waals surface area contributed by atoms with Crippen LogP contribution in [0.25, 0.3) is 33.2 Å². The molecule has 2 aromatic heterocycles. The summed E-state index contributed by atoms with van der Waals surface area (Å²) in [6, 6.07) is 20.7. The standard InChI is InChI=1S/C27H17NO6/c29-19-12-21(14-6-2-1-3-7-14)34-26-24-16(11-23(31)33-22(24)13-20(30)25(19)26)17-10-15-8-4-5-9-18(15)28-27(17)32/h1-10,12-13,16,30H,11H2,(H,28,32)/t16-/m1/s1. The van der Waals surface area contributed by atoms with E-state index in [2.05, 4.69) is 4.98 Å². The summed E-state index contributed by atoms with van der Waals surface area (Å²) in [7, 11) is 0. The molecule has 34 heavy (non-hydrogen) atoms. The smallest absolute Gasteiger partial charge is 0.312 e. The number of fused-ring (bicyclic) bond motifs is 4. The minimum atomic E-state index is -0.734. The Morgan fingerprint density at radius 3 is 2.50 bits per heavy atom. The Morgan fingerprint density at radius 1 is 0.912 bits per heavy atom. The number of phenolic OH excluding ortho intramolecular Hbond substituents is 1. The summed E-state index contributed by atoms with van der Waals surface area (Å²) in [5, 5.41) is 11.4. The van der Waals surface area contributed by atoms with E-state index in [0.717, 1.165) is 5.39 Å². The topological polar surface area (TPSA) is 110 Å². The summed E-state index contributed by atoms with van der Waals surface area (Å²) >= 11 is 0. The molecule has 6 rings (SSSR count). The number of phenols is 1. The van der Waals surface area contributed by atoms with Crippen molar-refractivity contribution in [1.29, 1.82) is 0 Å². The Labute approximate surface area is 191 Å². The van der Waals surface area contributed by atoms with Crippen LogP contribution >= 0.6 is 0 Å². The van der Waals surface area contributed by atoms with E-state index < -0.39 is 17.3 Å². The van der Waals surface area contributed by atoms with Gasteiger partial charge in [0.1, 0.15) is 28.2 Å². The molecular weight excluding hydrogens is 434 g/mol. The van der Waals surface area contributed by atoms with Crippen LogP contribution in [0.2, 0.25) is 0 Å². The molecule has 0 amide bonds. The highest BCUT2D eigenvalue weighted by molar-refractivity contribution is 5.93. The fourth-order valence-electron chi connectivity index (χ4n) is 4.59. The number of rotatable bonds is 2. The van der Waals surface area contributed by atoms with Crippen molar-refractivity contribution in [3.8, 4) is 22.8 Å². The summed E-state index contributed by atoms with van der Waals surface area (Å²) in [5.74, 6) is -1.28. The number of H-pyrrole nitrogens is 1. The highest BCUT2D eigenvalue weighted by Crippen LogP contribution is 2.45. The van der Waals surface area contributed by atoms with Gasteiger partial charge in [0.25, 0.3) is 5.56 Å². The molecule has 0 spiro atoms. The number of carbonyl (C=O) groups excluding carboxylic acids is 1. The van der Waals surface area contributed by atoms with Crippen molar-refractivity contribution >= 4 is 27.8 Å². The van der Waals surface area contributed by atoms with E-state index in [9.17, 15) is 19.5 Å². The van der Waals surface area contributed by atoms with Gasteiger partial charge in [-0.25, -0.2) is 0 Å². The minimum absolute atomic E-state index is 0.0291. The third kappa shape index (κ3) is 3.09. The summed E-state index contributed by atoms with van der Waals surface area (Å²) in [5.41, 5.74) is 1.36. The van der Waals surface area contributed by atoms with Crippen molar-refractivity contribution in [1.82, 2.24) is 4.98 Å². The molecule has 0 fully saturated rings. The summed E-state index contributed by atoms with van der Waals surface area (Å²) in [4.78, 5) is 41.4. The van der Waals surface area contributed by atoms with Gasteiger partial charge in [-0.15, -0.1) is 0 Å². The molecule has 0 saturated carbocycles. The first kappa shape index (κ1) is 20.0. The number of pyridine rings is 1. The van der Waals surface area contributed by atoms with Crippen LogP contribution in [0.4, 0.5) is 0 Å². The van der Waals surface area contributed by atoms with Gasteiger partial charge in [0, 0.05) is 40.3 Å². The first-order valence-electron chi connectivity index (χ1n) is 10.7. The zero-order chi connectivity index (χ0) is 23.4. The number of hydrogen-bond acceptors (Lipinski definition) is 6. The third-order valence-corrected chi connectivity index (χ3v) is 6.14. The number of benzene rings is 3. The van der Waals surface area contributed by atoms with E-state index in [1.807, 2.05) is 36.4 Å². The van der Waals surface area contributed by atoms with E-state index in [1.54, 1.807) is 24.3 Å². The zero-order valence-corrected chi connectivity index (χ0v) is 17.7. The fraction of sp³-hybridized carbons (Fsp3) is 0.0741. The Bertz CT molecular complexity index is 1730. The van der Waals surface area contributed by atoms with Crippen molar-refractivity contribution in [3.63, 3.8) is 0 Å². The van der Waals surface area contributed by atoms with E-state index in [-0.39, 0.29) is 34.4 Å². The SMILES string of the molecule is O=C1C[C@H](c2cc3ccccc3[nH]c2=O)c2c(cc(O)c3c(=O)cc(-c4ccccc4)oc23)O1. The van der Waals surface area contributed by atoms with Gasteiger partial charge in [0.2, 0.25) is 0 Å². The van der Waals surface area contributed by atoms with Crippen LogP contribution in [-0.4, -0.2) is 16.1 Å². The largest absolute Gasteiger partial charge is 0.507 e. The first-order valence-corrected chi connectivity index (χ1v) is 10.7. The second-order valence-corrected chi connectivity index (χ2v) is 8.22. The van der Waals surface area contributed by atoms with Crippen molar-refractivity contribution in [2.24, 2.45) is 0 Å². The van der Waals surface area contributed by atoms with Gasteiger partial charge in [-0.3, -0.25) is 14.4 Å². The predicted molar refractivity (Wildman–Crippen MR) is 126 cm³/mol. The maximum atomic E-state index is 13.1. The van der Waals surface area contributed by atoms with E-state index in [0.29, 0.717) is 28.0 Å². The monoisotopic (exact) mass is 451 g/mol. The lowest BCUT2D eigenvalue weighted by atomic mass is 9.85. The van der Waals surface area contributed by atoms with Crippen LogP contribution in [0.15, 0.2) is 86.8 Å². The molecule has 2 N–H and O–H groups in total. The molecule has 5 aromatic rings. The number of ether oxygens (including phenoxy) is 1. The van der Waals surface area contributed by atoms with Crippen LogP contribution in [0.5, 0.6) is 11.5 Å². The van der Waals surface area contributed by atoms with Crippen LogP contribution < -0.4 is 15.7 Å². The lowest BCUT2D eigenvalue weighted by Crippen LogP contribution is -2.26. The lowest BCUT2D eigenvalue weighted by Gasteiger charge is -2.25. The number of hydrogen-bond donors (Lipinski definition) is 2. The van der Waals surface area contributed by atoms with Crippen LogP contribution in [0.3, 0.4) is 0 Å². The number of aromatic nitrogens is 1. The van der Waals surface area contributed by atoms with Crippen molar-refractivity contribution in [2.75, 3.05) is 0 Å². The lowest BCUT2D eigenvalue weighted by molar-refractivity contribution is -0.135. The van der Waals surface area contributed by atoms with E-state index >= 15 is 0 Å². The number of aromatic hydroxyl groups is 1. The van der Waals surface area contributed by atoms with Crippen molar-refractivity contribution in [2.45, 2.75) is 12.3 Å². The average molecular weight is 451 g/mol. The molecule has 0 saturated heterocycles. The number of carbonyl (C=O) groups is 1. The minimum Gasteiger partial charge on any atom is -0.507 e. The average Bonchev–Trinajstić information content (AvgIpc) is 2.83. The summed E-state index contributed by atoms with van der Waals surface area (Å²) in [6.07, 6.45) is -0.117. The van der Waals surface area contributed by atoms with E-state index in [1.165, 1.54) is 12.1 Å². The number of esters is 1. The third-order valence-electron chi connectivity index (χ3n) is 6.14. The Hall–Kier alpha value is -4.65. The van der Waals surface area contributed by atoms with Crippen LogP contribution in [0, 0.1) is 0 Å². The molecule has 0 radical (unpaired) electrons. The molecule has 3 aromatic carbocycles. The highest BCUT2D eigenvalue weighted by Gasteiger charge is 2.35. The molecular formula is C27H17NO6. The Morgan fingerprint density at radius 2 is 1.68 bits per heavy atom. The maximum absolute atomic E-state index is 13.1. The van der Waals surface area contributed by atoms with Crippen molar-refractivity contribution < 1.29 is 19.1 Å². The van der Waals surface area contributed by atoms with Gasteiger partial charge in [0.15, 0.2) is 5.43 Å².